The molecule has 0 aliphatic heterocycles. The molecule has 0 heterocycles. The second-order valence-electron chi connectivity index (χ2n) is 5.95. The second kappa shape index (κ2) is 8.42. The molecule has 0 radical (unpaired) electrons. The van der Waals surface area contributed by atoms with E-state index in [1.807, 2.05) is 12.1 Å². The number of carbonyl (C=O) groups is 1. The fourth-order valence-corrected chi connectivity index (χ4v) is 2.76. The predicted molar refractivity (Wildman–Crippen MR) is 102 cm³/mol. The van der Waals surface area contributed by atoms with Crippen molar-refractivity contribution < 1.29 is 18.7 Å². The minimum atomic E-state index is -0.665. The van der Waals surface area contributed by atoms with Crippen LogP contribution in [0.3, 0.4) is 0 Å². The first-order valence-electron chi connectivity index (χ1n) is 8.38. The van der Waals surface area contributed by atoms with E-state index in [0.29, 0.717) is 28.9 Å². The van der Waals surface area contributed by atoms with Crippen LogP contribution in [-0.2, 0) is 6.42 Å². The maximum Gasteiger partial charge on any atom is 0.323 e. The summed E-state index contributed by atoms with van der Waals surface area (Å²) in [6.45, 7) is -0.0213. The van der Waals surface area contributed by atoms with Gasteiger partial charge >= 0.3 is 6.03 Å². The Morgan fingerprint density at radius 2 is 1.59 bits per heavy atom. The van der Waals surface area contributed by atoms with Gasteiger partial charge in [0.05, 0.1) is 0 Å². The van der Waals surface area contributed by atoms with Crippen LogP contribution < -0.4 is 10.6 Å². The first kappa shape index (κ1) is 18.5. The standard InChI is InChI=1S/C21H18F2N2O2/c22-17-10-16(11-18(23)13-17)15-5-3-6-19(12-15)24-21(27)25-20-7-2-1-4-14(20)8-9-26/h1-7,10-13,26H,8-9H2,(H2,24,25,27). The second-order valence-corrected chi connectivity index (χ2v) is 5.95. The van der Waals surface area contributed by atoms with Gasteiger partial charge in [-0.1, -0.05) is 30.3 Å². The SMILES string of the molecule is O=C(Nc1cccc(-c2cc(F)cc(F)c2)c1)Nc1ccccc1CCO. The minimum absolute atomic E-state index is 0.0213. The lowest BCUT2D eigenvalue weighted by molar-refractivity contribution is 0.262. The summed E-state index contributed by atoms with van der Waals surface area (Å²) in [6, 6.07) is 16.7. The van der Waals surface area contributed by atoms with E-state index in [1.165, 1.54) is 12.1 Å². The van der Waals surface area contributed by atoms with Gasteiger partial charge in [-0.3, -0.25) is 0 Å². The van der Waals surface area contributed by atoms with Gasteiger partial charge in [0, 0.05) is 24.0 Å². The Morgan fingerprint density at radius 1 is 0.852 bits per heavy atom. The van der Waals surface area contributed by atoms with Crippen molar-refractivity contribution in [2.45, 2.75) is 6.42 Å². The molecule has 0 atom stereocenters. The Morgan fingerprint density at radius 3 is 2.33 bits per heavy atom. The lowest BCUT2D eigenvalue weighted by atomic mass is 10.0. The summed E-state index contributed by atoms with van der Waals surface area (Å²) < 4.78 is 26.9. The Labute approximate surface area is 155 Å². The van der Waals surface area contributed by atoms with E-state index >= 15 is 0 Å². The number of urea groups is 1. The number of carbonyl (C=O) groups excluding carboxylic acids is 1. The Hall–Kier alpha value is -3.25. The summed E-state index contributed by atoms with van der Waals surface area (Å²) in [4.78, 5) is 12.3. The molecule has 0 aliphatic carbocycles. The van der Waals surface area contributed by atoms with Crippen LogP contribution in [0.5, 0.6) is 0 Å². The molecule has 3 aromatic rings. The van der Waals surface area contributed by atoms with Gasteiger partial charge in [0.2, 0.25) is 0 Å². The topological polar surface area (TPSA) is 61.4 Å². The van der Waals surface area contributed by atoms with Crippen molar-refractivity contribution in [1.82, 2.24) is 0 Å². The highest BCUT2D eigenvalue weighted by Crippen LogP contribution is 2.25. The molecule has 3 rings (SSSR count). The van der Waals surface area contributed by atoms with Crippen LogP contribution in [0.15, 0.2) is 66.7 Å². The van der Waals surface area contributed by atoms with Crippen LogP contribution in [0.4, 0.5) is 25.0 Å². The first-order chi connectivity index (χ1) is 13.0. The summed E-state index contributed by atoms with van der Waals surface area (Å²) in [6.07, 6.45) is 0.428. The minimum Gasteiger partial charge on any atom is -0.396 e. The van der Waals surface area contributed by atoms with Crippen LogP contribution >= 0.6 is 0 Å². The van der Waals surface area contributed by atoms with Gasteiger partial charge in [0.25, 0.3) is 0 Å². The quantitative estimate of drug-likeness (QED) is 0.605. The number of nitrogens with one attached hydrogen (secondary N) is 2. The third kappa shape index (κ3) is 4.89. The zero-order chi connectivity index (χ0) is 19.2. The molecular weight excluding hydrogens is 350 g/mol. The number of para-hydroxylation sites is 1. The molecule has 27 heavy (non-hydrogen) atoms. The van der Waals surface area contributed by atoms with Crippen LogP contribution in [0, 0.1) is 11.6 Å². The van der Waals surface area contributed by atoms with Crippen molar-refractivity contribution in [3.05, 3.63) is 83.9 Å². The largest absolute Gasteiger partial charge is 0.396 e. The molecule has 0 saturated carbocycles. The molecule has 2 amide bonds. The summed E-state index contributed by atoms with van der Waals surface area (Å²) in [7, 11) is 0. The number of halogens is 2. The molecule has 3 N–H and O–H groups in total. The number of hydrogen-bond acceptors (Lipinski definition) is 2. The number of rotatable bonds is 5. The normalized spacial score (nSPS) is 10.5. The molecule has 0 bridgehead atoms. The number of hydrogen-bond donors (Lipinski definition) is 3. The highest BCUT2D eigenvalue weighted by molar-refractivity contribution is 6.00. The van der Waals surface area contributed by atoms with Crippen molar-refractivity contribution in [3.8, 4) is 11.1 Å². The molecule has 138 valence electrons. The number of benzene rings is 3. The van der Waals surface area contributed by atoms with Crippen molar-refractivity contribution >= 4 is 17.4 Å². The van der Waals surface area contributed by atoms with E-state index in [-0.39, 0.29) is 6.61 Å². The van der Waals surface area contributed by atoms with Gasteiger partial charge in [-0.05, 0) is 53.4 Å². The molecule has 0 aliphatic rings. The fraction of sp³-hybridized carbons (Fsp3) is 0.0952. The first-order valence-corrected chi connectivity index (χ1v) is 8.38. The molecule has 0 unspecified atom stereocenters. The predicted octanol–water partition coefficient (Wildman–Crippen LogP) is 4.81. The molecule has 0 fully saturated rings. The smallest absolute Gasteiger partial charge is 0.323 e. The maximum atomic E-state index is 13.4. The van der Waals surface area contributed by atoms with E-state index in [0.717, 1.165) is 11.6 Å². The number of aliphatic hydroxyl groups excluding tert-OH is 1. The van der Waals surface area contributed by atoms with Crippen LogP contribution in [0.2, 0.25) is 0 Å². The Kier molecular flexibility index (Phi) is 5.78. The van der Waals surface area contributed by atoms with E-state index in [1.54, 1.807) is 36.4 Å². The summed E-state index contributed by atoms with van der Waals surface area (Å²) in [5.74, 6) is -1.33. The summed E-state index contributed by atoms with van der Waals surface area (Å²) >= 11 is 0. The molecule has 0 aromatic heterocycles. The third-order valence-corrected chi connectivity index (χ3v) is 3.96. The molecular formula is C21H18F2N2O2. The van der Waals surface area contributed by atoms with Gasteiger partial charge in [-0.25, -0.2) is 13.6 Å². The van der Waals surface area contributed by atoms with E-state index < -0.39 is 17.7 Å². The van der Waals surface area contributed by atoms with E-state index in [2.05, 4.69) is 10.6 Å². The van der Waals surface area contributed by atoms with Crippen molar-refractivity contribution in [2.75, 3.05) is 17.2 Å². The van der Waals surface area contributed by atoms with Crippen LogP contribution in [0.25, 0.3) is 11.1 Å². The molecule has 3 aromatic carbocycles. The van der Waals surface area contributed by atoms with E-state index in [4.69, 9.17) is 5.11 Å². The van der Waals surface area contributed by atoms with Gasteiger partial charge in [-0.2, -0.15) is 0 Å². The number of aliphatic hydroxyl groups is 1. The van der Waals surface area contributed by atoms with Crippen LogP contribution in [-0.4, -0.2) is 17.7 Å². The Bertz CT molecular complexity index is 940. The Balaban J connectivity index is 1.75. The fourth-order valence-electron chi connectivity index (χ4n) is 2.76. The molecule has 6 heteroatoms. The summed E-state index contributed by atoms with van der Waals surface area (Å²) in [5, 5.41) is 14.5. The van der Waals surface area contributed by atoms with Crippen molar-refractivity contribution in [2.24, 2.45) is 0 Å². The van der Waals surface area contributed by atoms with Gasteiger partial charge in [0.15, 0.2) is 0 Å². The van der Waals surface area contributed by atoms with Crippen LogP contribution in [0.1, 0.15) is 5.56 Å². The number of anilines is 2. The van der Waals surface area contributed by atoms with Crippen molar-refractivity contribution in [3.63, 3.8) is 0 Å². The van der Waals surface area contributed by atoms with Gasteiger partial charge in [0.1, 0.15) is 11.6 Å². The monoisotopic (exact) mass is 368 g/mol. The molecule has 0 saturated heterocycles. The van der Waals surface area contributed by atoms with Crippen molar-refractivity contribution in [1.29, 1.82) is 0 Å². The number of amides is 2. The highest BCUT2D eigenvalue weighted by Gasteiger charge is 2.08. The zero-order valence-corrected chi connectivity index (χ0v) is 14.4. The third-order valence-electron chi connectivity index (χ3n) is 3.96. The average molecular weight is 368 g/mol. The van der Waals surface area contributed by atoms with Gasteiger partial charge < -0.3 is 15.7 Å². The highest BCUT2D eigenvalue weighted by atomic mass is 19.1. The average Bonchev–Trinajstić information content (AvgIpc) is 2.63. The maximum absolute atomic E-state index is 13.4. The van der Waals surface area contributed by atoms with Gasteiger partial charge in [-0.15, -0.1) is 0 Å². The zero-order valence-electron chi connectivity index (χ0n) is 14.4. The molecule has 0 spiro atoms. The lowest BCUT2D eigenvalue weighted by Gasteiger charge is -2.12. The molecule has 4 nitrogen and oxygen atoms in total. The van der Waals surface area contributed by atoms with E-state index in [9.17, 15) is 13.6 Å². The lowest BCUT2D eigenvalue weighted by Crippen LogP contribution is -2.20. The summed E-state index contributed by atoms with van der Waals surface area (Å²) in [5.41, 5.74) is 2.86.